The number of hydrogen-bond donors (Lipinski definition) is 2. The van der Waals surface area contributed by atoms with E-state index in [-0.39, 0.29) is 5.91 Å². The lowest BCUT2D eigenvalue weighted by Crippen LogP contribution is -2.49. The van der Waals surface area contributed by atoms with Gasteiger partial charge in [-0.1, -0.05) is 6.92 Å². The van der Waals surface area contributed by atoms with Crippen LogP contribution in [0.15, 0.2) is 0 Å². The van der Waals surface area contributed by atoms with Crippen LogP contribution in [0.4, 0.5) is 4.79 Å². The van der Waals surface area contributed by atoms with Crippen molar-refractivity contribution in [3.63, 3.8) is 0 Å². The number of hydrogen-bond acceptors (Lipinski definition) is 4. The van der Waals surface area contributed by atoms with Crippen molar-refractivity contribution in [1.29, 1.82) is 5.26 Å². The largest absolute Gasteiger partial charge is 0.338 e. The van der Waals surface area contributed by atoms with Crippen LogP contribution in [-0.4, -0.2) is 42.5 Å². The summed E-state index contributed by atoms with van der Waals surface area (Å²) in [6, 6.07) is 1.13. The third-order valence-electron chi connectivity index (χ3n) is 2.42. The molecule has 0 radical (unpaired) electrons. The molecule has 0 saturated carbocycles. The number of nitrogens with zero attached hydrogens (tertiary/aromatic N) is 2. The fraction of sp³-hybridized carbons (Fsp3) is 0.727. The van der Waals surface area contributed by atoms with Gasteiger partial charge in [0.2, 0.25) is 5.91 Å². The molecule has 17 heavy (non-hydrogen) atoms. The quantitative estimate of drug-likeness (QED) is 0.706. The number of carbonyl (C=O) groups excluding carboxylic acids is 2. The van der Waals surface area contributed by atoms with Crippen LogP contribution < -0.4 is 10.6 Å². The minimum absolute atomic E-state index is 0.351. The fourth-order valence-corrected chi connectivity index (χ4v) is 1.41. The van der Waals surface area contributed by atoms with Crippen LogP contribution in [-0.2, 0) is 4.79 Å². The SMILES string of the molecule is CCNC(=O)NC(=O)C(C)N(CC)CCC#N. The molecule has 96 valence electrons. The van der Waals surface area contributed by atoms with Gasteiger partial charge >= 0.3 is 6.03 Å². The van der Waals surface area contributed by atoms with Gasteiger partial charge in [0.25, 0.3) is 0 Å². The second kappa shape index (κ2) is 8.53. The molecule has 0 aliphatic rings. The number of urea groups is 1. The first-order valence-electron chi connectivity index (χ1n) is 5.76. The minimum atomic E-state index is -0.485. The molecule has 0 rings (SSSR count). The Bertz CT molecular complexity index is 298. The fourth-order valence-electron chi connectivity index (χ4n) is 1.41. The number of amides is 3. The highest BCUT2D eigenvalue weighted by atomic mass is 16.2. The van der Waals surface area contributed by atoms with Gasteiger partial charge < -0.3 is 5.32 Å². The number of likely N-dealkylation sites (N-methyl/N-ethyl adjacent to an activating group) is 1. The van der Waals surface area contributed by atoms with Gasteiger partial charge in [-0.05, 0) is 20.4 Å². The van der Waals surface area contributed by atoms with E-state index in [1.807, 2.05) is 17.9 Å². The summed E-state index contributed by atoms with van der Waals surface area (Å²) in [4.78, 5) is 24.7. The lowest BCUT2D eigenvalue weighted by Gasteiger charge is -2.25. The summed E-state index contributed by atoms with van der Waals surface area (Å²) in [5.74, 6) is -0.351. The second-order valence-electron chi connectivity index (χ2n) is 3.56. The third kappa shape index (κ3) is 5.88. The molecule has 0 saturated heterocycles. The molecule has 0 fully saturated rings. The minimum Gasteiger partial charge on any atom is -0.338 e. The van der Waals surface area contributed by atoms with Gasteiger partial charge in [0, 0.05) is 19.5 Å². The first kappa shape index (κ1) is 15.4. The topological polar surface area (TPSA) is 85.2 Å². The second-order valence-corrected chi connectivity index (χ2v) is 3.56. The molecular weight excluding hydrogens is 220 g/mol. The maximum Gasteiger partial charge on any atom is 0.321 e. The zero-order valence-corrected chi connectivity index (χ0v) is 10.6. The molecule has 0 aliphatic heterocycles. The van der Waals surface area contributed by atoms with Crippen LogP contribution in [0.3, 0.4) is 0 Å². The Kier molecular flexibility index (Phi) is 7.72. The van der Waals surface area contributed by atoms with E-state index in [4.69, 9.17) is 5.26 Å². The van der Waals surface area contributed by atoms with Crippen LogP contribution in [0.25, 0.3) is 0 Å². The number of nitriles is 1. The summed E-state index contributed by atoms with van der Waals surface area (Å²) in [6.07, 6.45) is 0.368. The van der Waals surface area contributed by atoms with E-state index in [9.17, 15) is 9.59 Å². The van der Waals surface area contributed by atoms with Crippen molar-refractivity contribution in [2.75, 3.05) is 19.6 Å². The van der Waals surface area contributed by atoms with Gasteiger partial charge in [-0.25, -0.2) is 4.79 Å². The normalized spacial score (nSPS) is 11.7. The maximum absolute atomic E-state index is 11.7. The average Bonchev–Trinajstić information content (AvgIpc) is 2.29. The van der Waals surface area contributed by atoms with Gasteiger partial charge in [-0.2, -0.15) is 5.26 Å². The van der Waals surface area contributed by atoms with Crippen LogP contribution in [0, 0.1) is 11.3 Å². The molecule has 0 aromatic carbocycles. The molecule has 1 unspecified atom stereocenters. The predicted molar refractivity (Wildman–Crippen MR) is 64.2 cm³/mol. The highest BCUT2D eigenvalue weighted by Crippen LogP contribution is 2.00. The Labute approximate surface area is 102 Å². The highest BCUT2D eigenvalue weighted by Gasteiger charge is 2.20. The van der Waals surface area contributed by atoms with Crippen LogP contribution in [0.1, 0.15) is 27.2 Å². The van der Waals surface area contributed by atoms with E-state index in [0.717, 1.165) is 0 Å². The summed E-state index contributed by atoms with van der Waals surface area (Å²) < 4.78 is 0. The predicted octanol–water partition coefficient (Wildman–Crippen LogP) is 0.456. The molecule has 6 nitrogen and oxygen atoms in total. The summed E-state index contributed by atoms with van der Waals surface area (Å²) in [6.45, 7) is 7.06. The van der Waals surface area contributed by atoms with Gasteiger partial charge in [-0.15, -0.1) is 0 Å². The Morgan fingerprint density at radius 2 is 2.06 bits per heavy atom. The first-order chi connectivity index (χ1) is 8.06. The molecule has 0 aliphatic carbocycles. The number of imide groups is 1. The van der Waals surface area contributed by atoms with E-state index in [1.165, 1.54) is 0 Å². The van der Waals surface area contributed by atoms with Crippen LogP contribution in [0.5, 0.6) is 0 Å². The molecule has 0 bridgehead atoms. The van der Waals surface area contributed by atoms with E-state index >= 15 is 0 Å². The summed E-state index contributed by atoms with van der Waals surface area (Å²) in [7, 11) is 0. The van der Waals surface area contributed by atoms with Crippen LogP contribution >= 0.6 is 0 Å². The summed E-state index contributed by atoms with van der Waals surface area (Å²) in [5.41, 5.74) is 0. The molecule has 3 amide bonds. The molecule has 2 N–H and O–H groups in total. The molecule has 0 aromatic heterocycles. The molecule has 0 heterocycles. The van der Waals surface area contributed by atoms with Crippen molar-refractivity contribution in [1.82, 2.24) is 15.5 Å². The lowest BCUT2D eigenvalue weighted by molar-refractivity contribution is -0.124. The summed E-state index contributed by atoms with van der Waals surface area (Å²) >= 11 is 0. The number of rotatable bonds is 6. The smallest absolute Gasteiger partial charge is 0.321 e. The van der Waals surface area contributed by atoms with E-state index in [1.54, 1.807) is 13.8 Å². The van der Waals surface area contributed by atoms with E-state index in [0.29, 0.717) is 26.1 Å². The van der Waals surface area contributed by atoms with E-state index < -0.39 is 12.1 Å². The zero-order valence-electron chi connectivity index (χ0n) is 10.6. The summed E-state index contributed by atoms with van der Waals surface area (Å²) in [5, 5.41) is 13.3. The molecule has 0 aromatic rings. The monoisotopic (exact) mass is 240 g/mol. The number of carbonyl (C=O) groups is 2. The van der Waals surface area contributed by atoms with Gasteiger partial charge in [-0.3, -0.25) is 15.0 Å². The average molecular weight is 240 g/mol. The Hall–Kier alpha value is -1.61. The molecule has 6 heteroatoms. The molecular formula is C11H20N4O2. The Balaban J connectivity index is 4.26. The van der Waals surface area contributed by atoms with Crippen molar-refractivity contribution in [3.8, 4) is 6.07 Å². The maximum atomic E-state index is 11.7. The Morgan fingerprint density at radius 1 is 1.41 bits per heavy atom. The van der Waals surface area contributed by atoms with Crippen molar-refractivity contribution in [2.45, 2.75) is 33.2 Å². The standard InChI is InChI=1S/C11H20N4O2/c1-4-13-11(17)14-10(16)9(3)15(5-2)8-6-7-12/h9H,4-6,8H2,1-3H3,(H2,13,14,16,17). The zero-order chi connectivity index (χ0) is 13.3. The van der Waals surface area contributed by atoms with Crippen molar-refractivity contribution >= 4 is 11.9 Å². The number of nitrogens with one attached hydrogen (secondary N) is 2. The third-order valence-corrected chi connectivity index (χ3v) is 2.42. The van der Waals surface area contributed by atoms with Crippen molar-refractivity contribution in [3.05, 3.63) is 0 Å². The van der Waals surface area contributed by atoms with Gasteiger partial charge in [0.15, 0.2) is 0 Å². The van der Waals surface area contributed by atoms with Crippen molar-refractivity contribution in [2.24, 2.45) is 0 Å². The highest BCUT2D eigenvalue weighted by molar-refractivity contribution is 5.96. The molecule has 1 atom stereocenters. The van der Waals surface area contributed by atoms with E-state index in [2.05, 4.69) is 10.6 Å². The van der Waals surface area contributed by atoms with Gasteiger partial charge in [0.05, 0.1) is 12.1 Å². The first-order valence-corrected chi connectivity index (χ1v) is 5.76. The Morgan fingerprint density at radius 3 is 2.53 bits per heavy atom. The lowest BCUT2D eigenvalue weighted by atomic mass is 10.2. The molecule has 0 spiro atoms. The van der Waals surface area contributed by atoms with Crippen molar-refractivity contribution < 1.29 is 9.59 Å². The van der Waals surface area contributed by atoms with Crippen LogP contribution in [0.2, 0.25) is 0 Å². The van der Waals surface area contributed by atoms with Gasteiger partial charge in [0.1, 0.15) is 0 Å².